The molecular weight excluding hydrogens is 254 g/mol. The van der Waals surface area contributed by atoms with E-state index in [0.29, 0.717) is 6.04 Å². The van der Waals surface area contributed by atoms with Crippen molar-refractivity contribution in [3.63, 3.8) is 0 Å². The minimum absolute atomic E-state index is 0.560. The molecule has 0 spiro atoms. The lowest BCUT2D eigenvalue weighted by Gasteiger charge is -2.17. The first-order valence-corrected chi connectivity index (χ1v) is 8.17. The number of aryl methyl sites for hydroxylation is 3. The van der Waals surface area contributed by atoms with E-state index in [1.807, 2.05) is 0 Å². The number of fused-ring (bicyclic) bond motifs is 1. The summed E-state index contributed by atoms with van der Waals surface area (Å²) in [6.45, 7) is 0. The van der Waals surface area contributed by atoms with Gasteiger partial charge in [0.05, 0.1) is 0 Å². The molecule has 0 radical (unpaired) electrons. The van der Waals surface area contributed by atoms with E-state index in [1.54, 1.807) is 11.1 Å². The van der Waals surface area contributed by atoms with E-state index >= 15 is 0 Å². The molecular formula is C20H25N. The van der Waals surface area contributed by atoms with Crippen LogP contribution in [0, 0.1) is 0 Å². The predicted octanol–water partition coefficient (Wildman–Crippen LogP) is 3.94. The normalized spacial score (nSPS) is 14.9. The third kappa shape index (κ3) is 3.74. The van der Waals surface area contributed by atoms with E-state index in [4.69, 9.17) is 0 Å². The van der Waals surface area contributed by atoms with Crippen molar-refractivity contribution in [3.8, 4) is 0 Å². The third-order valence-electron chi connectivity index (χ3n) is 4.68. The Balaban J connectivity index is 1.59. The zero-order chi connectivity index (χ0) is 14.5. The van der Waals surface area contributed by atoms with Crippen LogP contribution < -0.4 is 5.32 Å². The van der Waals surface area contributed by atoms with Crippen molar-refractivity contribution in [2.45, 2.75) is 44.6 Å². The fourth-order valence-electron chi connectivity index (χ4n) is 3.37. The fourth-order valence-corrected chi connectivity index (χ4v) is 3.37. The highest BCUT2D eigenvalue weighted by molar-refractivity contribution is 5.35. The Labute approximate surface area is 128 Å². The lowest BCUT2D eigenvalue weighted by molar-refractivity contribution is 0.520. The summed E-state index contributed by atoms with van der Waals surface area (Å²) in [6, 6.07) is 18.5. The zero-order valence-electron chi connectivity index (χ0n) is 12.9. The lowest BCUT2D eigenvalue weighted by Crippen LogP contribution is -2.28. The maximum atomic E-state index is 3.49. The van der Waals surface area contributed by atoms with Gasteiger partial charge in [-0.2, -0.15) is 0 Å². The van der Waals surface area contributed by atoms with Gasteiger partial charge < -0.3 is 5.32 Å². The van der Waals surface area contributed by atoms with Gasteiger partial charge in [0.2, 0.25) is 0 Å². The molecule has 1 aliphatic carbocycles. The first-order chi connectivity index (χ1) is 10.3. The number of benzene rings is 2. The lowest BCUT2D eigenvalue weighted by atomic mass is 9.97. The number of likely N-dealkylation sites (N-methyl/N-ethyl adjacent to an activating group) is 1. The molecule has 0 saturated carbocycles. The summed E-state index contributed by atoms with van der Waals surface area (Å²) in [5, 5.41) is 3.49. The van der Waals surface area contributed by atoms with Gasteiger partial charge in [-0.25, -0.2) is 0 Å². The maximum absolute atomic E-state index is 3.49. The predicted molar refractivity (Wildman–Crippen MR) is 89.8 cm³/mol. The Morgan fingerprint density at radius 2 is 1.76 bits per heavy atom. The number of nitrogens with one attached hydrogen (secondary N) is 1. The molecule has 0 aromatic heterocycles. The quantitative estimate of drug-likeness (QED) is 0.844. The summed E-state index contributed by atoms with van der Waals surface area (Å²) in [6.07, 6.45) is 7.37. The first-order valence-electron chi connectivity index (χ1n) is 8.17. The highest BCUT2D eigenvalue weighted by atomic mass is 14.9. The minimum atomic E-state index is 0.560. The molecule has 0 saturated heterocycles. The van der Waals surface area contributed by atoms with Gasteiger partial charge in [0, 0.05) is 6.04 Å². The average Bonchev–Trinajstić information content (AvgIpc) is 3.00. The van der Waals surface area contributed by atoms with Crippen LogP contribution in [0.25, 0.3) is 0 Å². The summed E-state index contributed by atoms with van der Waals surface area (Å²) < 4.78 is 0. The van der Waals surface area contributed by atoms with E-state index < -0.39 is 0 Å². The molecule has 0 heterocycles. The highest BCUT2D eigenvalue weighted by Gasteiger charge is 2.13. The Morgan fingerprint density at radius 1 is 0.952 bits per heavy atom. The van der Waals surface area contributed by atoms with Crippen LogP contribution in [-0.2, 0) is 25.7 Å². The summed E-state index contributed by atoms with van der Waals surface area (Å²) in [5.41, 5.74) is 6.09. The molecule has 110 valence electrons. The largest absolute Gasteiger partial charge is 0.317 e. The van der Waals surface area contributed by atoms with Crippen molar-refractivity contribution in [2.24, 2.45) is 0 Å². The Bertz CT molecular complexity index is 574. The molecule has 21 heavy (non-hydrogen) atoms. The van der Waals surface area contributed by atoms with Crippen LogP contribution in [0.2, 0.25) is 0 Å². The van der Waals surface area contributed by atoms with E-state index in [-0.39, 0.29) is 0 Å². The Hall–Kier alpha value is -1.60. The molecule has 1 N–H and O–H groups in total. The molecule has 0 aliphatic heterocycles. The number of hydrogen-bond acceptors (Lipinski definition) is 1. The Morgan fingerprint density at radius 3 is 2.57 bits per heavy atom. The van der Waals surface area contributed by atoms with E-state index in [2.05, 4.69) is 60.9 Å². The second-order valence-corrected chi connectivity index (χ2v) is 6.17. The summed E-state index contributed by atoms with van der Waals surface area (Å²) in [4.78, 5) is 0. The SMILES string of the molecule is CNC(CCc1ccccc1)Cc1ccc2c(c1)CCC2. The fraction of sp³-hybridized carbons (Fsp3) is 0.400. The van der Waals surface area contributed by atoms with E-state index in [0.717, 1.165) is 12.8 Å². The summed E-state index contributed by atoms with van der Waals surface area (Å²) in [7, 11) is 2.09. The number of hydrogen-bond donors (Lipinski definition) is 1. The highest BCUT2D eigenvalue weighted by Crippen LogP contribution is 2.23. The van der Waals surface area contributed by atoms with Crippen LogP contribution in [0.1, 0.15) is 35.1 Å². The monoisotopic (exact) mass is 279 g/mol. The van der Waals surface area contributed by atoms with Crippen LogP contribution in [0.3, 0.4) is 0 Å². The second-order valence-electron chi connectivity index (χ2n) is 6.17. The molecule has 1 unspecified atom stereocenters. The molecule has 1 heteroatoms. The van der Waals surface area contributed by atoms with Crippen molar-refractivity contribution in [1.82, 2.24) is 5.32 Å². The summed E-state index contributed by atoms with van der Waals surface area (Å²) >= 11 is 0. The Kier molecular flexibility index (Phi) is 4.72. The van der Waals surface area contributed by atoms with Gasteiger partial charge >= 0.3 is 0 Å². The minimum Gasteiger partial charge on any atom is -0.317 e. The molecule has 2 aromatic carbocycles. The first kappa shape index (κ1) is 14.3. The van der Waals surface area contributed by atoms with Crippen molar-refractivity contribution in [2.75, 3.05) is 7.05 Å². The average molecular weight is 279 g/mol. The van der Waals surface area contributed by atoms with Crippen LogP contribution in [0.4, 0.5) is 0 Å². The van der Waals surface area contributed by atoms with Crippen molar-refractivity contribution >= 4 is 0 Å². The van der Waals surface area contributed by atoms with Crippen molar-refractivity contribution in [1.29, 1.82) is 0 Å². The molecule has 1 atom stereocenters. The molecule has 0 bridgehead atoms. The number of rotatable bonds is 6. The van der Waals surface area contributed by atoms with Crippen LogP contribution >= 0.6 is 0 Å². The van der Waals surface area contributed by atoms with Gasteiger partial charge in [0.1, 0.15) is 0 Å². The third-order valence-corrected chi connectivity index (χ3v) is 4.68. The molecule has 1 nitrogen and oxygen atoms in total. The molecule has 0 amide bonds. The van der Waals surface area contributed by atoms with Gasteiger partial charge in [0.25, 0.3) is 0 Å². The van der Waals surface area contributed by atoms with Crippen LogP contribution in [0.15, 0.2) is 48.5 Å². The van der Waals surface area contributed by atoms with Gasteiger partial charge in [-0.05, 0) is 67.8 Å². The van der Waals surface area contributed by atoms with Gasteiger partial charge in [-0.3, -0.25) is 0 Å². The van der Waals surface area contributed by atoms with Gasteiger partial charge in [-0.15, -0.1) is 0 Å². The van der Waals surface area contributed by atoms with Gasteiger partial charge in [0.15, 0.2) is 0 Å². The van der Waals surface area contributed by atoms with Crippen LogP contribution in [-0.4, -0.2) is 13.1 Å². The van der Waals surface area contributed by atoms with Crippen LogP contribution in [0.5, 0.6) is 0 Å². The summed E-state index contributed by atoms with van der Waals surface area (Å²) in [5.74, 6) is 0. The molecule has 0 fully saturated rings. The topological polar surface area (TPSA) is 12.0 Å². The van der Waals surface area contributed by atoms with Crippen molar-refractivity contribution < 1.29 is 0 Å². The van der Waals surface area contributed by atoms with E-state index in [1.165, 1.54) is 36.8 Å². The zero-order valence-corrected chi connectivity index (χ0v) is 12.9. The molecule has 1 aliphatic rings. The second kappa shape index (κ2) is 6.91. The molecule has 2 aromatic rings. The smallest absolute Gasteiger partial charge is 0.0108 e. The van der Waals surface area contributed by atoms with Crippen molar-refractivity contribution in [3.05, 3.63) is 70.8 Å². The molecule has 3 rings (SSSR count). The van der Waals surface area contributed by atoms with Gasteiger partial charge in [-0.1, -0.05) is 48.5 Å². The maximum Gasteiger partial charge on any atom is 0.0108 e. The standard InChI is InChI=1S/C20H25N/c1-21-20(13-11-16-6-3-2-4-7-16)15-17-10-12-18-8-5-9-19(18)14-17/h2-4,6-7,10,12,14,20-21H,5,8-9,11,13,15H2,1H3. The van der Waals surface area contributed by atoms with E-state index in [9.17, 15) is 0 Å².